The van der Waals surface area contributed by atoms with E-state index in [1.807, 2.05) is 24.3 Å². The molecule has 1 aromatic rings. The number of nitrogens with zero attached hydrogens (tertiary/aromatic N) is 3. The Morgan fingerprint density at radius 1 is 1.00 bits per heavy atom. The molecule has 0 atom stereocenters. The second kappa shape index (κ2) is 5.02. The topological polar surface area (TPSA) is 50.9 Å². The van der Waals surface area contributed by atoms with Crippen molar-refractivity contribution in [2.24, 2.45) is 0 Å². The summed E-state index contributed by atoms with van der Waals surface area (Å²) in [6, 6.07) is 7.79. The van der Waals surface area contributed by atoms with Crippen LogP contribution in [0.5, 0.6) is 0 Å². The van der Waals surface area contributed by atoms with E-state index < -0.39 is 0 Å². The molecule has 4 rings (SSSR count). The molecule has 1 N–H and O–H groups in total. The van der Waals surface area contributed by atoms with Gasteiger partial charge in [0.2, 0.25) is 0 Å². The van der Waals surface area contributed by atoms with Crippen molar-refractivity contribution < 1.29 is 5.21 Å². The van der Waals surface area contributed by atoms with Gasteiger partial charge in [-0.05, 0) is 18.9 Å². The monoisotopic (exact) mass is 281 g/mol. The average Bonchev–Trinajstić information content (AvgIpc) is 2.75. The van der Waals surface area contributed by atoms with E-state index in [9.17, 15) is 5.21 Å². The Balaban J connectivity index is 1.85. The van der Waals surface area contributed by atoms with E-state index in [4.69, 9.17) is 9.97 Å². The molecule has 0 amide bonds. The maximum Gasteiger partial charge on any atom is 0.133 e. The van der Waals surface area contributed by atoms with Gasteiger partial charge in [0, 0.05) is 11.3 Å². The molecule has 0 aromatic heterocycles. The first-order chi connectivity index (χ1) is 10.3. The van der Waals surface area contributed by atoms with Gasteiger partial charge in [-0.3, -0.25) is 0 Å². The standard InChI is InChI=1S/C17H19N3O/c21-20-11-14-16(13-9-5-6-10-15(13)20)19-17(18-14)12-7-3-1-2-4-8-12/h5-6,9-12,21H,1-4,7-8H2. The van der Waals surface area contributed by atoms with Crippen molar-refractivity contribution in [3.8, 4) is 11.4 Å². The highest BCUT2D eigenvalue weighted by Crippen LogP contribution is 2.34. The van der Waals surface area contributed by atoms with Crippen LogP contribution in [-0.4, -0.2) is 19.9 Å². The molecule has 2 heterocycles. The van der Waals surface area contributed by atoms with E-state index >= 15 is 0 Å². The lowest BCUT2D eigenvalue weighted by Gasteiger charge is -2.08. The van der Waals surface area contributed by atoms with E-state index in [1.54, 1.807) is 6.20 Å². The number of para-hydroxylation sites is 1. The number of pyridine rings is 1. The molecule has 4 nitrogen and oxygen atoms in total. The first-order valence-electron chi connectivity index (χ1n) is 7.80. The van der Waals surface area contributed by atoms with Crippen molar-refractivity contribution in [3.63, 3.8) is 0 Å². The van der Waals surface area contributed by atoms with Gasteiger partial charge in [-0.15, -0.1) is 0 Å². The third-order valence-corrected chi connectivity index (χ3v) is 4.57. The smallest absolute Gasteiger partial charge is 0.133 e. The molecule has 1 aliphatic carbocycles. The average molecular weight is 281 g/mol. The summed E-state index contributed by atoms with van der Waals surface area (Å²) in [5.41, 5.74) is 2.47. The van der Waals surface area contributed by atoms with Crippen molar-refractivity contribution in [1.29, 1.82) is 0 Å². The largest absolute Gasteiger partial charge is 0.428 e. The second-order valence-electron chi connectivity index (χ2n) is 5.99. The molecule has 1 aromatic carbocycles. The lowest BCUT2D eigenvalue weighted by Crippen LogP contribution is -1.99. The molecule has 0 radical (unpaired) electrons. The van der Waals surface area contributed by atoms with Crippen LogP contribution in [0.2, 0.25) is 0 Å². The summed E-state index contributed by atoms with van der Waals surface area (Å²) in [7, 11) is 0. The fourth-order valence-electron chi connectivity index (χ4n) is 3.44. The van der Waals surface area contributed by atoms with Gasteiger partial charge in [-0.1, -0.05) is 43.9 Å². The van der Waals surface area contributed by atoms with E-state index in [0.29, 0.717) is 5.92 Å². The molecule has 0 unspecified atom stereocenters. The molecule has 1 saturated carbocycles. The molecule has 21 heavy (non-hydrogen) atoms. The van der Waals surface area contributed by atoms with Crippen LogP contribution in [0.3, 0.4) is 0 Å². The van der Waals surface area contributed by atoms with Gasteiger partial charge >= 0.3 is 0 Å². The van der Waals surface area contributed by atoms with Crippen LogP contribution < -0.4 is 0 Å². The number of hydrogen-bond donors (Lipinski definition) is 1. The molecule has 108 valence electrons. The van der Waals surface area contributed by atoms with Crippen molar-refractivity contribution in [3.05, 3.63) is 36.3 Å². The fraction of sp³-hybridized carbons (Fsp3) is 0.412. The Bertz CT molecular complexity index is 741. The minimum atomic E-state index is 0.478. The molecular weight excluding hydrogens is 262 g/mol. The highest BCUT2D eigenvalue weighted by atomic mass is 16.5. The van der Waals surface area contributed by atoms with Crippen molar-refractivity contribution in [2.75, 3.05) is 0 Å². The van der Waals surface area contributed by atoms with Gasteiger partial charge in [-0.25, -0.2) is 9.97 Å². The van der Waals surface area contributed by atoms with Gasteiger partial charge in [0.25, 0.3) is 0 Å². The van der Waals surface area contributed by atoms with Crippen LogP contribution in [0.4, 0.5) is 0 Å². The molecule has 1 fully saturated rings. The van der Waals surface area contributed by atoms with Crippen LogP contribution >= 0.6 is 0 Å². The summed E-state index contributed by atoms with van der Waals surface area (Å²) in [5.74, 6) is 1.44. The SMILES string of the molecule is On1cc2nc(C3CCCCCC3)nc-2c2ccccc21. The quantitative estimate of drug-likeness (QED) is 0.537. The third-order valence-electron chi connectivity index (χ3n) is 4.57. The number of hydrogen-bond acceptors (Lipinski definition) is 3. The summed E-state index contributed by atoms with van der Waals surface area (Å²) in [5, 5.41) is 11.0. The Kier molecular flexibility index (Phi) is 3.02. The summed E-state index contributed by atoms with van der Waals surface area (Å²) < 4.78 is 1.16. The van der Waals surface area contributed by atoms with Gasteiger partial charge in [0.1, 0.15) is 17.2 Å². The Hall–Kier alpha value is -2.10. The van der Waals surface area contributed by atoms with Crippen LogP contribution in [0, 0.1) is 0 Å². The predicted molar refractivity (Wildman–Crippen MR) is 81.8 cm³/mol. The third kappa shape index (κ3) is 2.15. The Labute approximate surface area is 123 Å². The molecule has 0 spiro atoms. The fourth-order valence-corrected chi connectivity index (χ4v) is 3.44. The first-order valence-corrected chi connectivity index (χ1v) is 7.80. The van der Waals surface area contributed by atoms with E-state index in [-0.39, 0.29) is 0 Å². The molecule has 4 heteroatoms. The van der Waals surface area contributed by atoms with E-state index in [0.717, 1.165) is 32.8 Å². The highest BCUT2D eigenvalue weighted by molar-refractivity contribution is 5.92. The van der Waals surface area contributed by atoms with Crippen molar-refractivity contribution in [2.45, 2.75) is 44.4 Å². The molecule has 0 bridgehead atoms. The lowest BCUT2D eigenvalue weighted by atomic mass is 10.00. The molecule has 0 saturated heterocycles. The number of imidazole rings is 1. The molecular formula is C17H19N3O. The zero-order chi connectivity index (χ0) is 14.2. The minimum absolute atomic E-state index is 0.478. The number of fused-ring (bicyclic) bond motifs is 3. The summed E-state index contributed by atoms with van der Waals surface area (Å²) in [6.07, 6.45) is 9.25. The second-order valence-corrected chi connectivity index (χ2v) is 5.99. The van der Waals surface area contributed by atoms with Crippen LogP contribution in [0.15, 0.2) is 30.5 Å². The summed E-state index contributed by atoms with van der Waals surface area (Å²) >= 11 is 0. The maximum atomic E-state index is 10.1. The van der Waals surface area contributed by atoms with Crippen LogP contribution in [-0.2, 0) is 0 Å². The van der Waals surface area contributed by atoms with Crippen LogP contribution in [0.25, 0.3) is 22.3 Å². The van der Waals surface area contributed by atoms with E-state index in [2.05, 4.69) is 0 Å². The predicted octanol–water partition coefficient (Wildman–Crippen LogP) is 4.21. The maximum absolute atomic E-state index is 10.1. The van der Waals surface area contributed by atoms with Crippen molar-refractivity contribution >= 4 is 10.9 Å². The lowest BCUT2D eigenvalue weighted by molar-refractivity contribution is 0.198. The van der Waals surface area contributed by atoms with Gasteiger partial charge < -0.3 is 5.21 Å². The number of benzene rings is 1. The summed E-state index contributed by atoms with van der Waals surface area (Å²) in [4.78, 5) is 9.51. The van der Waals surface area contributed by atoms with E-state index in [1.165, 1.54) is 38.5 Å². The van der Waals surface area contributed by atoms with Crippen LogP contribution in [0.1, 0.15) is 50.3 Å². The zero-order valence-electron chi connectivity index (χ0n) is 12.0. The normalized spacial score (nSPS) is 17.3. The zero-order valence-corrected chi connectivity index (χ0v) is 12.0. The van der Waals surface area contributed by atoms with Gasteiger partial charge in [0.15, 0.2) is 0 Å². The number of aromatic nitrogens is 3. The Morgan fingerprint density at radius 2 is 1.76 bits per heavy atom. The molecule has 3 aliphatic rings. The molecule has 2 aliphatic heterocycles. The first kappa shape index (κ1) is 12.6. The summed E-state index contributed by atoms with van der Waals surface area (Å²) in [6.45, 7) is 0. The number of rotatable bonds is 1. The van der Waals surface area contributed by atoms with Gasteiger partial charge in [-0.2, -0.15) is 4.73 Å². The highest BCUT2D eigenvalue weighted by Gasteiger charge is 2.23. The minimum Gasteiger partial charge on any atom is -0.428 e. The van der Waals surface area contributed by atoms with Crippen molar-refractivity contribution in [1.82, 2.24) is 14.7 Å². The van der Waals surface area contributed by atoms with Gasteiger partial charge in [0.05, 0.1) is 11.7 Å². The Morgan fingerprint density at radius 3 is 2.57 bits per heavy atom.